The SMILES string of the molecule is Cc1ccc(CN2CCc3nc(C4CCCCC4)[nH]c(=O)c3C2)cc1[N+](=O)[O-]. The van der Waals surface area contributed by atoms with Crippen LogP contribution < -0.4 is 5.56 Å². The van der Waals surface area contributed by atoms with Crippen LogP contribution in [0.5, 0.6) is 0 Å². The lowest BCUT2D eigenvalue weighted by Gasteiger charge is -2.29. The van der Waals surface area contributed by atoms with E-state index < -0.39 is 0 Å². The highest BCUT2D eigenvalue weighted by Crippen LogP contribution is 2.31. The largest absolute Gasteiger partial charge is 0.310 e. The third-order valence-corrected chi connectivity index (χ3v) is 6.03. The van der Waals surface area contributed by atoms with Gasteiger partial charge in [0.05, 0.1) is 16.2 Å². The molecule has 28 heavy (non-hydrogen) atoms. The summed E-state index contributed by atoms with van der Waals surface area (Å²) in [5.74, 6) is 1.25. The van der Waals surface area contributed by atoms with Gasteiger partial charge in [0, 0.05) is 43.6 Å². The van der Waals surface area contributed by atoms with Gasteiger partial charge < -0.3 is 4.98 Å². The molecule has 7 heteroatoms. The van der Waals surface area contributed by atoms with Crippen molar-refractivity contribution < 1.29 is 4.92 Å². The van der Waals surface area contributed by atoms with Crippen LogP contribution in [0.3, 0.4) is 0 Å². The third kappa shape index (κ3) is 3.85. The average molecular weight is 382 g/mol. The molecule has 4 rings (SSSR count). The Morgan fingerprint density at radius 1 is 1.29 bits per heavy atom. The van der Waals surface area contributed by atoms with Gasteiger partial charge in [-0.05, 0) is 25.3 Å². The number of hydrogen-bond acceptors (Lipinski definition) is 5. The number of aryl methyl sites for hydroxylation is 1. The minimum absolute atomic E-state index is 0.0230. The molecule has 1 aliphatic heterocycles. The molecule has 1 aromatic carbocycles. The van der Waals surface area contributed by atoms with E-state index in [9.17, 15) is 14.9 Å². The summed E-state index contributed by atoms with van der Waals surface area (Å²) in [6, 6.07) is 5.35. The van der Waals surface area contributed by atoms with E-state index in [4.69, 9.17) is 4.98 Å². The molecule has 2 aliphatic rings. The first-order valence-corrected chi connectivity index (χ1v) is 10.1. The molecule has 1 aromatic heterocycles. The molecule has 0 radical (unpaired) electrons. The Kier molecular flexibility index (Phi) is 5.26. The predicted molar refractivity (Wildman–Crippen MR) is 106 cm³/mol. The average Bonchev–Trinajstić information content (AvgIpc) is 2.70. The Bertz CT molecular complexity index is 947. The van der Waals surface area contributed by atoms with Gasteiger partial charge in [-0.15, -0.1) is 0 Å². The summed E-state index contributed by atoms with van der Waals surface area (Å²) in [5.41, 5.74) is 3.34. The molecule has 2 heterocycles. The zero-order valence-electron chi connectivity index (χ0n) is 16.2. The normalized spacial score (nSPS) is 18.0. The van der Waals surface area contributed by atoms with Crippen LogP contribution in [0.15, 0.2) is 23.0 Å². The van der Waals surface area contributed by atoms with E-state index in [2.05, 4.69) is 9.88 Å². The Balaban J connectivity index is 1.51. The molecule has 0 atom stereocenters. The van der Waals surface area contributed by atoms with Crippen molar-refractivity contribution in [3.63, 3.8) is 0 Å². The Labute approximate surface area is 164 Å². The molecular formula is C21H26N4O3. The summed E-state index contributed by atoms with van der Waals surface area (Å²) in [5, 5.41) is 11.2. The van der Waals surface area contributed by atoms with Crippen LogP contribution in [0, 0.1) is 17.0 Å². The number of fused-ring (bicyclic) bond motifs is 1. The van der Waals surface area contributed by atoms with E-state index in [1.54, 1.807) is 19.1 Å². The number of rotatable bonds is 4. The molecule has 2 aromatic rings. The van der Waals surface area contributed by atoms with Gasteiger partial charge in [-0.1, -0.05) is 31.4 Å². The van der Waals surface area contributed by atoms with Gasteiger partial charge in [0.25, 0.3) is 11.2 Å². The van der Waals surface area contributed by atoms with Crippen molar-refractivity contribution in [2.24, 2.45) is 0 Å². The standard InChI is InChI=1S/C21H26N4O3/c1-14-7-8-15(11-19(14)25(27)28)12-24-10-9-18-17(13-24)21(26)23-20(22-18)16-5-3-2-4-6-16/h7-8,11,16H,2-6,9-10,12-13H2,1H3,(H,22,23,26). The van der Waals surface area contributed by atoms with Crippen molar-refractivity contribution in [1.29, 1.82) is 0 Å². The third-order valence-electron chi connectivity index (χ3n) is 6.03. The second kappa shape index (κ2) is 7.83. The van der Waals surface area contributed by atoms with Gasteiger partial charge >= 0.3 is 0 Å². The predicted octanol–water partition coefficient (Wildman–Crippen LogP) is 3.59. The molecule has 7 nitrogen and oxygen atoms in total. The molecule has 0 bridgehead atoms. The van der Waals surface area contributed by atoms with E-state index in [1.165, 1.54) is 19.3 Å². The van der Waals surface area contributed by atoms with Crippen LogP contribution in [0.2, 0.25) is 0 Å². The van der Waals surface area contributed by atoms with Crippen LogP contribution in [0.4, 0.5) is 5.69 Å². The van der Waals surface area contributed by atoms with Crippen LogP contribution in [-0.4, -0.2) is 26.3 Å². The first kappa shape index (κ1) is 18.8. The molecule has 1 N–H and O–H groups in total. The topological polar surface area (TPSA) is 92.1 Å². The van der Waals surface area contributed by atoms with Crippen LogP contribution in [0.25, 0.3) is 0 Å². The number of H-pyrrole nitrogens is 1. The summed E-state index contributed by atoms with van der Waals surface area (Å²) in [6.07, 6.45) is 6.66. The fourth-order valence-corrected chi connectivity index (χ4v) is 4.41. The number of nitro benzene ring substituents is 1. The van der Waals surface area contributed by atoms with Crippen molar-refractivity contribution in [3.05, 3.63) is 66.9 Å². The molecule has 1 fully saturated rings. The number of nitrogens with zero attached hydrogens (tertiary/aromatic N) is 3. The Hall–Kier alpha value is -2.54. The number of nitrogens with one attached hydrogen (secondary N) is 1. The molecule has 1 aliphatic carbocycles. The maximum atomic E-state index is 12.7. The van der Waals surface area contributed by atoms with Crippen molar-refractivity contribution >= 4 is 5.69 Å². The van der Waals surface area contributed by atoms with Crippen LogP contribution in [-0.2, 0) is 19.5 Å². The Morgan fingerprint density at radius 2 is 2.07 bits per heavy atom. The highest BCUT2D eigenvalue weighted by molar-refractivity contribution is 5.42. The van der Waals surface area contributed by atoms with Crippen molar-refractivity contribution in [1.82, 2.24) is 14.9 Å². The minimum Gasteiger partial charge on any atom is -0.310 e. The summed E-state index contributed by atoms with van der Waals surface area (Å²) in [6.45, 7) is 3.66. The fraction of sp³-hybridized carbons (Fsp3) is 0.524. The van der Waals surface area contributed by atoms with E-state index in [0.717, 1.165) is 48.5 Å². The number of benzene rings is 1. The van der Waals surface area contributed by atoms with Gasteiger partial charge in [0.1, 0.15) is 5.82 Å². The smallest absolute Gasteiger partial charge is 0.272 e. The summed E-state index contributed by atoms with van der Waals surface area (Å²) < 4.78 is 0. The molecule has 1 saturated carbocycles. The quantitative estimate of drug-likeness (QED) is 0.644. The minimum atomic E-state index is -0.342. The first-order valence-electron chi connectivity index (χ1n) is 10.1. The maximum Gasteiger partial charge on any atom is 0.272 e. The number of nitro groups is 1. The van der Waals surface area contributed by atoms with E-state index in [0.29, 0.717) is 24.6 Å². The summed E-state index contributed by atoms with van der Waals surface area (Å²) in [4.78, 5) is 33.6. The van der Waals surface area contributed by atoms with E-state index in [1.807, 2.05) is 6.07 Å². The zero-order valence-corrected chi connectivity index (χ0v) is 16.2. The highest BCUT2D eigenvalue weighted by atomic mass is 16.6. The maximum absolute atomic E-state index is 12.7. The fourth-order valence-electron chi connectivity index (χ4n) is 4.41. The van der Waals surface area contributed by atoms with Crippen molar-refractivity contribution in [2.45, 2.75) is 64.5 Å². The lowest BCUT2D eigenvalue weighted by atomic mass is 9.88. The monoisotopic (exact) mass is 382 g/mol. The summed E-state index contributed by atoms with van der Waals surface area (Å²) >= 11 is 0. The highest BCUT2D eigenvalue weighted by Gasteiger charge is 2.25. The van der Waals surface area contributed by atoms with Crippen LogP contribution in [0.1, 0.15) is 66.2 Å². The lowest BCUT2D eigenvalue weighted by Crippen LogP contribution is -2.36. The Morgan fingerprint density at radius 3 is 2.82 bits per heavy atom. The first-order chi connectivity index (χ1) is 13.5. The van der Waals surface area contributed by atoms with Gasteiger partial charge in [0.2, 0.25) is 0 Å². The van der Waals surface area contributed by atoms with Crippen LogP contribution >= 0.6 is 0 Å². The molecule has 0 amide bonds. The van der Waals surface area contributed by atoms with Crippen molar-refractivity contribution in [2.75, 3.05) is 6.54 Å². The lowest BCUT2D eigenvalue weighted by molar-refractivity contribution is -0.385. The van der Waals surface area contributed by atoms with E-state index >= 15 is 0 Å². The molecule has 0 unspecified atom stereocenters. The van der Waals surface area contributed by atoms with Crippen molar-refractivity contribution in [3.8, 4) is 0 Å². The number of aromatic nitrogens is 2. The summed E-state index contributed by atoms with van der Waals surface area (Å²) in [7, 11) is 0. The molecular weight excluding hydrogens is 356 g/mol. The van der Waals surface area contributed by atoms with Gasteiger partial charge in [-0.3, -0.25) is 19.8 Å². The zero-order chi connectivity index (χ0) is 19.7. The second-order valence-corrected chi connectivity index (χ2v) is 8.05. The molecule has 0 saturated heterocycles. The second-order valence-electron chi connectivity index (χ2n) is 8.05. The van der Waals surface area contributed by atoms with E-state index in [-0.39, 0.29) is 16.2 Å². The number of aromatic amines is 1. The number of hydrogen-bond donors (Lipinski definition) is 1. The molecule has 0 spiro atoms. The van der Waals surface area contributed by atoms with Gasteiger partial charge in [0.15, 0.2) is 0 Å². The van der Waals surface area contributed by atoms with Gasteiger partial charge in [-0.2, -0.15) is 0 Å². The van der Waals surface area contributed by atoms with Gasteiger partial charge in [-0.25, -0.2) is 4.98 Å². The molecule has 148 valence electrons.